The predicted molar refractivity (Wildman–Crippen MR) is 87.0 cm³/mol. The summed E-state index contributed by atoms with van der Waals surface area (Å²) in [5.41, 5.74) is 0.790. The van der Waals surface area contributed by atoms with Crippen molar-refractivity contribution in [3.63, 3.8) is 0 Å². The molecule has 4 heteroatoms. The Morgan fingerprint density at radius 3 is 2.73 bits per heavy atom. The van der Waals surface area contributed by atoms with Crippen LogP contribution in [0.4, 0.5) is 0 Å². The Morgan fingerprint density at radius 2 is 2.05 bits per heavy atom. The molecule has 1 aromatic rings. The summed E-state index contributed by atoms with van der Waals surface area (Å²) in [6.45, 7) is 6.77. The normalized spacial score (nSPS) is 26.9. The van der Waals surface area contributed by atoms with Crippen LogP contribution in [0.3, 0.4) is 0 Å². The maximum atomic E-state index is 12.6. The molecule has 2 aliphatic rings. The zero-order valence-corrected chi connectivity index (χ0v) is 13.4. The van der Waals surface area contributed by atoms with Crippen molar-refractivity contribution in [2.45, 2.75) is 38.3 Å². The van der Waals surface area contributed by atoms with E-state index in [1.165, 1.54) is 19.3 Å². The number of nitrogens with zero attached hydrogens (tertiary/aromatic N) is 2. The van der Waals surface area contributed by atoms with Crippen molar-refractivity contribution in [3.8, 4) is 0 Å². The van der Waals surface area contributed by atoms with Gasteiger partial charge in [0, 0.05) is 44.4 Å². The molecule has 0 bridgehead atoms. The second-order valence-electron chi connectivity index (χ2n) is 6.46. The van der Waals surface area contributed by atoms with Crippen molar-refractivity contribution in [2.75, 3.05) is 32.8 Å². The van der Waals surface area contributed by atoms with Crippen LogP contribution in [-0.2, 0) is 4.74 Å². The van der Waals surface area contributed by atoms with E-state index in [4.69, 9.17) is 4.74 Å². The SMILES string of the molecule is C[C@@H]1CN(CC2CCCCO2)CCN1C(=O)c1ccccc1. The number of carbonyl (C=O) groups is 1. The first-order valence-electron chi connectivity index (χ1n) is 8.44. The van der Waals surface area contributed by atoms with Crippen LogP contribution in [0.25, 0.3) is 0 Å². The number of piperazine rings is 1. The summed E-state index contributed by atoms with van der Waals surface area (Å²) in [5, 5.41) is 0. The highest BCUT2D eigenvalue weighted by Gasteiger charge is 2.29. The Bertz CT molecular complexity index is 485. The second-order valence-corrected chi connectivity index (χ2v) is 6.46. The van der Waals surface area contributed by atoms with Gasteiger partial charge in [0.15, 0.2) is 0 Å². The van der Waals surface area contributed by atoms with Gasteiger partial charge in [-0.05, 0) is 38.3 Å². The van der Waals surface area contributed by atoms with E-state index in [9.17, 15) is 4.79 Å². The molecule has 1 unspecified atom stereocenters. The fourth-order valence-electron chi connectivity index (χ4n) is 3.49. The van der Waals surface area contributed by atoms with Crippen molar-refractivity contribution >= 4 is 5.91 Å². The molecule has 2 aliphatic heterocycles. The topological polar surface area (TPSA) is 32.8 Å². The minimum atomic E-state index is 0.154. The Morgan fingerprint density at radius 1 is 1.23 bits per heavy atom. The fraction of sp³-hybridized carbons (Fsp3) is 0.611. The largest absolute Gasteiger partial charge is 0.377 e. The van der Waals surface area contributed by atoms with Crippen LogP contribution in [0.5, 0.6) is 0 Å². The number of hydrogen-bond acceptors (Lipinski definition) is 3. The molecule has 2 atom stereocenters. The molecule has 4 nitrogen and oxygen atoms in total. The number of benzene rings is 1. The highest BCUT2D eigenvalue weighted by atomic mass is 16.5. The van der Waals surface area contributed by atoms with Gasteiger partial charge < -0.3 is 9.64 Å². The van der Waals surface area contributed by atoms with Gasteiger partial charge in [0.2, 0.25) is 0 Å². The molecule has 1 aromatic carbocycles. The average molecular weight is 302 g/mol. The molecular weight excluding hydrogens is 276 g/mol. The minimum absolute atomic E-state index is 0.154. The number of ether oxygens (including phenoxy) is 1. The predicted octanol–water partition coefficient (Wildman–Crippen LogP) is 2.40. The van der Waals surface area contributed by atoms with Crippen molar-refractivity contribution in [3.05, 3.63) is 35.9 Å². The summed E-state index contributed by atoms with van der Waals surface area (Å²) in [6, 6.07) is 9.85. The standard InChI is InChI=1S/C18H26N2O2/c1-15-13-19(14-17-9-5-6-12-22-17)10-11-20(15)18(21)16-7-3-2-4-8-16/h2-4,7-8,15,17H,5-6,9-14H2,1H3/t15-,17?/m1/s1. The molecule has 0 spiro atoms. The lowest BCUT2D eigenvalue weighted by atomic mass is 10.1. The molecule has 2 heterocycles. The minimum Gasteiger partial charge on any atom is -0.377 e. The van der Waals surface area contributed by atoms with Crippen molar-refractivity contribution in [1.82, 2.24) is 9.80 Å². The van der Waals surface area contributed by atoms with Crippen molar-refractivity contribution in [2.24, 2.45) is 0 Å². The Kier molecular flexibility index (Phi) is 5.11. The Labute approximate surface area is 133 Å². The van der Waals surface area contributed by atoms with E-state index in [2.05, 4.69) is 11.8 Å². The van der Waals surface area contributed by atoms with Crippen molar-refractivity contribution in [1.29, 1.82) is 0 Å². The molecule has 2 fully saturated rings. The van der Waals surface area contributed by atoms with Crippen LogP contribution in [0, 0.1) is 0 Å². The summed E-state index contributed by atoms with van der Waals surface area (Å²) in [4.78, 5) is 17.1. The first-order chi connectivity index (χ1) is 10.7. The monoisotopic (exact) mass is 302 g/mol. The first-order valence-corrected chi connectivity index (χ1v) is 8.44. The second kappa shape index (κ2) is 7.25. The van der Waals surface area contributed by atoms with E-state index in [0.29, 0.717) is 6.10 Å². The van der Waals surface area contributed by atoms with Crippen LogP contribution in [0.1, 0.15) is 36.5 Å². The van der Waals surface area contributed by atoms with Crippen LogP contribution in [0.2, 0.25) is 0 Å². The molecular formula is C18H26N2O2. The molecule has 0 aromatic heterocycles. The van der Waals surface area contributed by atoms with Crippen LogP contribution in [-0.4, -0.2) is 60.6 Å². The molecule has 3 rings (SSSR count). The van der Waals surface area contributed by atoms with Crippen LogP contribution in [0.15, 0.2) is 30.3 Å². The van der Waals surface area contributed by atoms with Gasteiger partial charge in [-0.25, -0.2) is 0 Å². The summed E-state index contributed by atoms with van der Waals surface area (Å²) in [5.74, 6) is 0.154. The van der Waals surface area contributed by atoms with Gasteiger partial charge >= 0.3 is 0 Å². The first kappa shape index (κ1) is 15.5. The summed E-state index contributed by atoms with van der Waals surface area (Å²) >= 11 is 0. The van der Waals surface area contributed by atoms with Gasteiger partial charge in [-0.2, -0.15) is 0 Å². The molecule has 120 valence electrons. The number of rotatable bonds is 3. The average Bonchev–Trinajstić information content (AvgIpc) is 2.56. The lowest BCUT2D eigenvalue weighted by molar-refractivity contribution is -0.0187. The summed E-state index contributed by atoms with van der Waals surface area (Å²) in [7, 11) is 0. The molecule has 1 amide bonds. The zero-order chi connectivity index (χ0) is 15.4. The third-order valence-corrected chi connectivity index (χ3v) is 4.73. The third-order valence-electron chi connectivity index (χ3n) is 4.73. The molecule has 2 saturated heterocycles. The van der Waals surface area contributed by atoms with E-state index in [1.807, 2.05) is 35.2 Å². The number of hydrogen-bond donors (Lipinski definition) is 0. The maximum absolute atomic E-state index is 12.6. The molecule has 0 saturated carbocycles. The van der Waals surface area contributed by atoms with E-state index in [1.54, 1.807) is 0 Å². The zero-order valence-electron chi connectivity index (χ0n) is 13.4. The highest BCUT2D eigenvalue weighted by molar-refractivity contribution is 5.94. The molecule has 0 N–H and O–H groups in total. The van der Waals surface area contributed by atoms with Gasteiger partial charge in [-0.15, -0.1) is 0 Å². The summed E-state index contributed by atoms with van der Waals surface area (Å²) in [6.07, 6.45) is 4.05. The van der Waals surface area contributed by atoms with Gasteiger partial charge in [0.25, 0.3) is 5.91 Å². The van der Waals surface area contributed by atoms with Crippen LogP contribution >= 0.6 is 0 Å². The van der Waals surface area contributed by atoms with E-state index in [-0.39, 0.29) is 11.9 Å². The molecule has 0 aliphatic carbocycles. The lowest BCUT2D eigenvalue weighted by Crippen LogP contribution is -2.55. The highest BCUT2D eigenvalue weighted by Crippen LogP contribution is 2.18. The third kappa shape index (κ3) is 3.68. The Hall–Kier alpha value is -1.39. The smallest absolute Gasteiger partial charge is 0.254 e. The molecule has 22 heavy (non-hydrogen) atoms. The van der Waals surface area contributed by atoms with Gasteiger partial charge in [-0.3, -0.25) is 9.69 Å². The quantitative estimate of drug-likeness (QED) is 0.859. The van der Waals surface area contributed by atoms with Gasteiger partial charge in [0.1, 0.15) is 0 Å². The van der Waals surface area contributed by atoms with E-state index < -0.39 is 0 Å². The number of amides is 1. The summed E-state index contributed by atoms with van der Waals surface area (Å²) < 4.78 is 5.84. The van der Waals surface area contributed by atoms with Gasteiger partial charge in [0.05, 0.1) is 6.10 Å². The van der Waals surface area contributed by atoms with E-state index in [0.717, 1.165) is 38.3 Å². The molecule has 0 radical (unpaired) electrons. The van der Waals surface area contributed by atoms with Crippen LogP contribution < -0.4 is 0 Å². The van der Waals surface area contributed by atoms with Gasteiger partial charge in [-0.1, -0.05) is 18.2 Å². The Balaban J connectivity index is 1.54. The lowest BCUT2D eigenvalue weighted by Gasteiger charge is -2.41. The fourth-order valence-corrected chi connectivity index (χ4v) is 3.49. The maximum Gasteiger partial charge on any atom is 0.254 e. The number of carbonyl (C=O) groups excluding carboxylic acids is 1. The van der Waals surface area contributed by atoms with Crippen molar-refractivity contribution < 1.29 is 9.53 Å². The van der Waals surface area contributed by atoms with E-state index >= 15 is 0 Å².